The van der Waals surface area contributed by atoms with Gasteiger partial charge in [-0.3, -0.25) is 5.10 Å². The third-order valence-electron chi connectivity index (χ3n) is 4.55. The van der Waals surface area contributed by atoms with Crippen LogP contribution in [0.3, 0.4) is 0 Å². The number of thioether (sulfide) groups is 1. The molecule has 9 nitrogen and oxygen atoms in total. The summed E-state index contributed by atoms with van der Waals surface area (Å²) in [4.78, 5) is 8.16. The van der Waals surface area contributed by atoms with E-state index in [1.54, 1.807) is 7.11 Å². The zero-order chi connectivity index (χ0) is 21.6. The molecule has 2 aromatic heterocycles. The number of methoxy groups -OCH3 is 1. The van der Waals surface area contributed by atoms with Gasteiger partial charge in [-0.25, -0.2) is 9.97 Å². The van der Waals surface area contributed by atoms with E-state index in [1.807, 2.05) is 36.0 Å². The molecule has 0 aliphatic carbocycles. The number of hydrogen-bond acceptors (Lipinski definition) is 9. The van der Waals surface area contributed by atoms with Crippen molar-refractivity contribution in [2.24, 2.45) is 0 Å². The van der Waals surface area contributed by atoms with Gasteiger partial charge < -0.3 is 20.1 Å². The fourth-order valence-electron chi connectivity index (χ4n) is 3.10. The van der Waals surface area contributed by atoms with Crippen molar-refractivity contribution in [2.45, 2.75) is 5.25 Å². The molecule has 0 saturated carbocycles. The Hall–Kier alpha value is -2.81. The first-order valence-corrected chi connectivity index (χ1v) is 11.4. The van der Waals surface area contributed by atoms with Crippen LogP contribution in [0.5, 0.6) is 11.5 Å². The van der Waals surface area contributed by atoms with Gasteiger partial charge in [-0.1, -0.05) is 15.9 Å². The monoisotopic (exact) mass is 501 g/mol. The van der Waals surface area contributed by atoms with Gasteiger partial charge in [0.15, 0.2) is 11.5 Å². The minimum Gasteiger partial charge on any atom is -0.496 e. The highest BCUT2D eigenvalue weighted by molar-refractivity contribution is 9.10. The van der Waals surface area contributed by atoms with Crippen LogP contribution in [-0.4, -0.2) is 58.0 Å². The maximum atomic E-state index is 8.85. The van der Waals surface area contributed by atoms with Crippen molar-refractivity contribution in [1.82, 2.24) is 25.5 Å². The zero-order valence-corrected chi connectivity index (χ0v) is 19.1. The van der Waals surface area contributed by atoms with Crippen molar-refractivity contribution in [2.75, 3.05) is 37.9 Å². The molecule has 1 aliphatic heterocycles. The Balaban J connectivity index is 1.58. The van der Waals surface area contributed by atoms with E-state index < -0.39 is 0 Å². The molecule has 1 atom stereocenters. The largest absolute Gasteiger partial charge is 0.496 e. The lowest BCUT2D eigenvalue weighted by atomic mass is 10.1. The SMILES string of the molecule is COc1cc(Br)cc(OC[C@@H]2CNCCS2)c1-c1cc(Nc2cnc(C#N)cn2)n[nH]1. The van der Waals surface area contributed by atoms with Gasteiger partial charge in [0.1, 0.15) is 30.0 Å². The molecule has 31 heavy (non-hydrogen) atoms. The first-order chi connectivity index (χ1) is 15.2. The molecule has 0 unspecified atom stereocenters. The molecule has 0 spiro atoms. The molecule has 0 radical (unpaired) electrons. The van der Waals surface area contributed by atoms with Crippen molar-refractivity contribution >= 4 is 39.3 Å². The molecule has 0 bridgehead atoms. The number of anilines is 2. The fraction of sp³-hybridized carbons (Fsp3) is 0.300. The normalized spacial score (nSPS) is 15.8. The average Bonchev–Trinajstić information content (AvgIpc) is 3.26. The van der Waals surface area contributed by atoms with E-state index in [1.165, 1.54) is 12.4 Å². The van der Waals surface area contributed by atoms with Crippen LogP contribution in [-0.2, 0) is 0 Å². The Morgan fingerprint density at radius 3 is 2.84 bits per heavy atom. The second-order valence-corrected chi connectivity index (χ2v) is 9.00. The van der Waals surface area contributed by atoms with Crippen molar-refractivity contribution < 1.29 is 9.47 Å². The number of H-pyrrole nitrogens is 1. The number of nitrogens with zero attached hydrogens (tertiary/aromatic N) is 4. The Morgan fingerprint density at radius 1 is 1.26 bits per heavy atom. The summed E-state index contributed by atoms with van der Waals surface area (Å²) >= 11 is 5.45. The summed E-state index contributed by atoms with van der Waals surface area (Å²) in [6.45, 7) is 2.55. The molecule has 1 aromatic carbocycles. The summed E-state index contributed by atoms with van der Waals surface area (Å²) in [5.41, 5.74) is 1.77. The number of halogens is 1. The molecule has 1 fully saturated rings. The van der Waals surface area contributed by atoms with Gasteiger partial charge in [-0.05, 0) is 12.1 Å². The Bertz CT molecular complexity index is 1080. The highest BCUT2D eigenvalue weighted by Gasteiger charge is 2.20. The summed E-state index contributed by atoms with van der Waals surface area (Å²) in [6, 6.07) is 7.60. The van der Waals surface area contributed by atoms with Crippen LogP contribution < -0.4 is 20.1 Å². The second-order valence-electron chi connectivity index (χ2n) is 6.68. The van der Waals surface area contributed by atoms with Gasteiger partial charge in [0.05, 0.1) is 36.0 Å². The number of nitrogens with one attached hydrogen (secondary N) is 3. The van der Waals surface area contributed by atoms with E-state index in [4.69, 9.17) is 14.7 Å². The molecule has 3 N–H and O–H groups in total. The fourth-order valence-corrected chi connectivity index (χ4v) is 4.51. The Labute approximate surface area is 192 Å². The van der Waals surface area contributed by atoms with Crippen LogP contribution in [0.4, 0.5) is 11.6 Å². The highest BCUT2D eigenvalue weighted by Crippen LogP contribution is 2.41. The molecule has 160 valence electrons. The van der Waals surface area contributed by atoms with E-state index >= 15 is 0 Å². The summed E-state index contributed by atoms with van der Waals surface area (Å²) in [6.07, 6.45) is 2.88. The lowest BCUT2D eigenvalue weighted by Crippen LogP contribution is -2.36. The van der Waals surface area contributed by atoms with Crippen molar-refractivity contribution in [3.8, 4) is 28.8 Å². The first kappa shape index (κ1) is 21.4. The number of hydrogen-bond donors (Lipinski definition) is 3. The summed E-state index contributed by atoms with van der Waals surface area (Å²) in [7, 11) is 1.62. The van der Waals surface area contributed by atoms with Gasteiger partial charge in [0, 0.05) is 29.4 Å². The van der Waals surface area contributed by atoms with Crippen molar-refractivity contribution in [3.63, 3.8) is 0 Å². The Morgan fingerprint density at radius 2 is 2.13 bits per heavy atom. The third-order valence-corrected chi connectivity index (χ3v) is 6.22. The quantitative estimate of drug-likeness (QED) is 0.447. The van der Waals surface area contributed by atoms with Gasteiger partial charge in [0.2, 0.25) is 0 Å². The number of aromatic nitrogens is 4. The predicted octanol–water partition coefficient (Wildman–Crippen LogP) is 3.34. The minimum atomic E-state index is 0.251. The van der Waals surface area contributed by atoms with Gasteiger partial charge in [-0.2, -0.15) is 22.1 Å². The second kappa shape index (κ2) is 10.00. The molecule has 0 amide bonds. The van der Waals surface area contributed by atoms with Crippen LogP contribution >= 0.6 is 27.7 Å². The summed E-state index contributed by atoms with van der Waals surface area (Å²) < 4.78 is 12.7. The lowest BCUT2D eigenvalue weighted by molar-refractivity contribution is 0.311. The lowest BCUT2D eigenvalue weighted by Gasteiger charge is -2.23. The molecule has 4 rings (SSSR count). The smallest absolute Gasteiger partial charge is 0.158 e. The molecule has 1 saturated heterocycles. The van der Waals surface area contributed by atoms with Gasteiger partial charge in [-0.15, -0.1) is 0 Å². The topological polar surface area (TPSA) is 121 Å². The standard InChI is InChI=1S/C20H20BrN7O2S/c1-29-16-4-12(21)5-17(30-11-14-9-23-2-3-31-14)20(16)15-6-18(28-27-15)26-19-10-24-13(7-22)8-25-19/h4-6,8,10,14,23H,2-3,9,11H2,1H3,(H2,25,26,27,28)/t14-/m0/s1. The Kier molecular flexibility index (Phi) is 6.91. The number of ether oxygens (including phenoxy) is 2. The van der Waals surface area contributed by atoms with Crippen molar-refractivity contribution in [3.05, 3.63) is 40.8 Å². The highest BCUT2D eigenvalue weighted by atomic mass is 79.9. The van der Waals surface area contributed by atoms with Gasteiger partial charge in [0.25, 0.3) is 0 Å². The molecule has 3 aromatic rings. The van der Waals surface area contributed by atoms with Crippen molar-refractivity contribution in [1.29, 1.82) is 5.26 Å². The van der Waals surface area contributed by atoms with Crippen LogP contribution in [0.15, 0.2) is 35.1 Å². The summed E-state index contributed by atoms with van der Waals surface area (Å²) in [5.74, 6) is 3.48. The van der Waals surface area contributed by atoms with Crippen LogP contribution in [0.2, 0.25) is 0 Å². The number of aromatic amines is 1. The zero-order valence-electron chi connectivity index (χ0n) is 16.7. The van der Waals surface area contributed by atoms with Gasteiger partial charge >= 0.3 is 0 Å². The first-order valence-electron chi connectivity index (χ1n) is 9.54. The minimum absolute atomic E-state index is 0.251. The van der Waals surface area contributed by atoms with E-state index in [-0.39, 0.29) is 5.69 Å². The van der Waals surface area contributed by atoms with E-state index in [9.17, 15) is 0 Å². The summed E-state index contributed by atoms with van der Waals surface area (Å²) in [5, 5.41) is 23.0. The van der Waals surface area contributed by atoms with Crippen LogP contribution in [0.1, 0.15) is 5.69 Å². The van der Waals surface area contributed by atoms with E-state index in [2.05, 4.69) is 46.7 Å². The van der Waals surface area contributed by atoms with Crippen LogP contribution in [0.25, 0.3) is 11.3 Å². The maximum absolute atomic E-state index is 8.85. The molecular weight excluding hydrogens is 482 g/mol. The number of nitriles is 1. The molecular formula is C20H20BrN7O2S. The average molecular weight is 502 g/mol. The molecule has 1 aliphatic rings. The molecule has 11 heteroatoms. The maximum Gasteiger partial charge on any atom is 0.158 e. The van der Waals surface area contributed by atoms with E-state index in [0.717, 1.165) is 34.6 Å². The van der Waals surface area contributed by atoms with Crippen LogP contribution in [0, 0.1) is 11.3 Å². The third kappa shape index (κ3) is 5.28. The molecule has 3 heterocycles. The number of benzene rings is 1. The predicted molar refractivity (Wildman–Crippen MR) is 123 cm³/mol. The van der Waals surface area contributed by atoms with E-state index in [0.29, 0.717) is 35.0 Å². The number of rotatable bonds is 7.